The minimum Gasteiger partial charge on any atom is -0.381 e. The van der Waals surface area contributed by atoms with Crippen LogP contribution in [0.3, 0.4) is 0 Å². The molecule has 0 aliphatic rings. The summed E-state index contributed by atoms with van der Waals surface area (Å²) in [5, 5.41) is 3.16. The molecule has 0 aliphatic heterocycles. The van der Waals surface area contributed by atoms with Crippen molar-refractivity contribution >= 4 is 21.4 Å². The highest BCUT2D eigenvalue weighted by molar-refractivity contribution is 7.92. The Balaban J connectivity index is 2.79. The average Bonchev–Trinajstić information content (AvgIpc) is 2.15. The lowest BCUT2D eigenvalue weighted by Gasteiger charge is -2.13. The summed E-state index contributed by atoms with van der Waals surface area (Å²) in [6, 6.07) is 7.21. The lowest BCUT2D eigenvalue weighted by atomic mass is 10.2. The van der Waals surface area contributed by atoms with Gasteiger partial charge in [0.05, 0.1) is 11.9 Å². The van der Waals surface area contributed by atoms with E-state index in [9.17, 15) is 8.42 Å². The summed E-state index contributed by atoms with van der Waals surface area (Å²) >= 11 is 0. The van der Waals surface area contributed by atoms with E-state index in [1.807, 2.05) is 13.0 Å². The summed E-state index contributed by atoms with van der Waals surface area (Å²) < 4.78 is 24.5. The van der Waals surface area contributed by atoms with Gasteiger partial charge in [-0.3, -0.25) is 4.72 Å². The van der Waals surface area contributed by atoms with Crippen molar-refractivity contribution in [3.8, 4) is 0 Å². The number of sulfonamides is 1. The smallest absolute Gasteiger partial charge is 0.229 e. The van der Waals surface area contributed by atoms with Gasteiger partial charge in [-0.25, -0.2) is 8.42 Å². The number of nitrogens with two attached hydrogens (primary N) is 1. The second-order valence-electron chi connectivity index (χ2n) is 3.74. The largest absolute Gasteiger partial charge is 0.381 e. The number of hydrogen-bond donors (Lipinski definition) is 3. The van der Waals surface area contributed by atoms with Crippen LogP contribution in [-0.2, 0) is 10.0 Å². The van der Waals surface area contributed by atoms with Crippen LogP contribution >= 0.6 is 0 Å². The first-order valence-corrected chi connectivity index (χ1v) is 6.84. The standard InChI is InChI=1S/C10H17N3O2S/c1-8(7-11)12-9-4-3-5-10(6-9)13-16(2,14)15/h3-6,8,12-13H,7,11H2,1-2H3. The minimum absolute atomic E-state index is 0.147. The summed E-state index contributed by atoms with van der Waals surface area (Å²) in [6.45, 7) is 2.47. The molecule has 0 aliphatic carbocycles. The highest BCUT2D eigenvalue weighted by Gasteiger charge is 2.03. The fourth-order valence-corrected chi connectivity index (χ4v) is 1.79. The normalized spacial score (nSPS) is 13.2. The van der Waals surface area contributed by atoms with Gasteiger partial charge < -0.3 is 11.1 Å². The maximum Gasteiger partial charge on any atom is 0.229 e. The van der Waals surface area contributed by atoms with Gasteiger partial charge in [0.25, 0.3) is 0 Å². The highest BCUT2D eigenvalue weighted by atomic mass is 32.2. The molecule has 90 valence electrons. The predicted octanol–water partition coefficient (Wildman–Crippen LogP) is 0.817. The van der Waals surface area contributed by atoms with Crippen LogP contribution in [0.2, 0.25) is 0 Å². The van der Waals surface area contributed by atoms with E-state index in [0.29, 0.717) is 12.2 Å². The minimum atomic E-state index is -3.23. The molecule has 0 radical (unpaired) electrons. The van der Waals surface area contributed by atoms with Gasteiger partial charge in [0.1, 0.15) is 0 Å². The lowest BCUT2D eigenvalue weighted by Crippen LogP contribution is -2.25. The molecule has 0 fully saturated rings. The maximum absolute atomic E-state index is 11.0. The highest BCUT2D eigenvalue weighted by Crippen LogP contribution is 2.16. The summed E-state index contributed by atoms with van der Waals surface area (Å²) in [6.07, 6.45) is 1.12. The van der Waals surface area contributed by atoms with Crippen molar-refractivity contribution in [1.82, 2.24) is 0 Å². The zero-order valence-electron chi connectivity index (χ0n) is 9.40. The molecule has 6 heteroatoms. The summed E-state index contributed by atoms with van der Waals surface area (Å²) in [7, 11) is -3.23. The zero-order chi connectivity index (χ0) is 12.2. The van der Waals surface area contributed by atoms with E-state index in [1.54, 1.807) is 18.2 Å². The number of benzene rings is 1. The van der Waals surface area contributed by atoms with Crippen LogP contribution in [0.4, 0.5) is 11.4 Å². The Morgan fingerprint density at radius 1 is 1.38 bits per heavy atom. The van der Waals surface area contributed by atoms with E-state index >= 15 is 0 Å². The summed E-state index contributed by atoms with van der Waals surface area (Å²) in [5.41, 5.74) is 6.86. The first-order valence-electron chi connectivity index (χ1n) is 4.95. The second kappa shape index (κ2) is 5.18. The molecule has 0 bridgehead atoms. The lowest BCUT2D eigenvalue weighted by molar-refractivity contribution is 0.607. The molecular weight excluding hydrogens is 226 g/mol. The Hall–Kier alpha value is -1.27. The third-order valence-electron chi connectivity index (χ3n) is 1.93. The third-order valence-corrected chi connectivity index (χ3v) is 2.54. The van der Waals surface area contributed by atoms with Gasteiger partial charge in [-0.2, -0.15) is 0 Å². The van der Waals surface area contributed by atoms with E-state index in [2.05, 4.69) is 10.0 Å². The monoisotopic (exact) mass is 243 g/mol. The molecule has 1 atom stereocenters. The van der Waals surface area contributed by atoms with Crippen molar-refractivity contribution in [2.45, 2.75) is 13.0 Å². The summed E-state index contributed by atoms with van der Waals surface area (Å²) in [4.78, 5) is 0. The van der Waals surface area contributed by atoms with E-state index in [4.69, 9.17) is 5.73 Å². The molecule has 4 N–H and O–H groups in total. The molecular formula is C10H17N3O2S. The van der Waals surface area contributed by atoms with Gasteiger partial charge in [0.2, 0.25) is 10.0 Å². The molecule has 1 aromatic rings. The zero-order valence-corrected chi connectivity index (χ0v) is 10.2. The predicted molar refractivity (Wildman–Crippen MR) is 67.0 cm³/mol. The van der Waals surface area contributed by atoms with Crippen LogP contribution in [0, 0.1) is 0 Å². The van der Waals surface area contributed by atoms with Gasteiger partial charge in [-0.05, 0) is 25.1 Å². The van der Waals surface area contributed by atoms with E-state index in [1.165, 1.54) is 0 Å². The number of anilines is 2. The van der Waals surface area contributed by atoms with E-state index in [-0.39, 0.29) is 6.04 Å². The van der Waals surface area contributed by atoms with Gasteiger partial charge in [-0.15, -0.1) is 0 Å². The Labute approximate surface area is 96.1 Å². The molecule has 0 spiro atoms. The van der Waals surface area contributed by atoms with Crippen LogP contribution in [0.25, 0.3) is 0 Å². The first kappa shape index (κ1) is 12.8. The average molecular weight is 243 g/mol. The Bertz CT molecular complexity index is 445. The molecule has 1 unspecified atom stereocenters. The van der Waals surface area contributed by atoms with Crippen molar-refractivity contribution in [2.75, 3.05) is 22.8 Å². The van der Waals surface area contributed by atoms with Crippen molar-refractivity contribution in [3.05, 3.63) is 24.3 Å². The number of rotatable bonds is 5. The van der Waals surface area contributed by atoms with Crippen LogP contribution in [0.1, 0.15) is 6.92 Å². The molecule has 0 aromatic heterocycles. The van der Waals surface area contributed by atoms with Gasteiger partial charge in [0.15, 0.2) is 0 Å². The SMILES string of the molecule is CC(CN)Nc1cccc(NS(C)(=O)=O)c1. The van der Waals surface area contributed by atoms with Crippen molar-refractivity contribution < 1.29 is 8.42 Å². The van der Waals surface area contributed by atoms with Crippen molar-refractivity contribution in [3.63, 3.8) is 0 Å². The Kier molecular flexibility index (Phi) is 4.14. The third kappa shape index (κ3) is 4.50. The quantitative estimate of drug-likeness (QED) is 0.714. The van der Waals surface area contributed by atoms with Crippen LogP contribution < -0.4 is 15.8 Å². The fraction of sp³-hybridized carbons (Fsp3) is 0.400. The first-order chi connectivity index (χ1) is 7.40. The molecule has 0 saturated heterocycles. The topological polar surface area (TPSA) is 84.2 Å². The molecule has 1 aromatic carbocycles. The van der Waals surface area contributed by atoms with Crippen molar-refractivity contribution in [2.24, 2.45) is 5.73 Å². The fourth-order valence-electron chi connectivity index (χ4n) is 1.23. The van der Waals surface area contributed by atoms with Gasteiger partial charge in [0, 0.05) is 18.3 Å². The van der Waals surface area contributed by atoms with E-state index < -0.39 is 10.0 Å². The second-order valence-corrected chi connectivity index (χ2v) is 5.48. The molecule has 0 amide bonds. The summed E-state index contributed by atoms with van der Waals surface area (Å²) in [5.74, 6) is 0. The van der Waals surface area contributed by atoms with Crippen LogP contribution in [0.15, 0.2) is 24.3 Å². The van der Waals surface area contributed by atoms with Crippen LogP contribution in [0.5, 0.6) is 0 Å². The Morgan fingerprint density at radius 2 is 2.00 bits per heavy atom. The number of hydrogen-bond acceptors (Lipinski definition) is 4. The van der Waals surface area contributed by atoms with Gasteiger partial charge >= 0.3 is 0 Å². The van der Waals surface area contributed by atoms with Crippen LogP contribution in [-0.4, -0.2) is 27.3 Å². The molecule has 0 saturated carbocycles. The van der Waals surface area contributed by atoms with Gasteiger partial charge in [-0.1, -0.05) is 6.07 Å². The number of nitrogens with one attached hydrogen (secondary N) is 2. The van der Waals surface area contributed by atoms with Crippen molar-refractivity contribution in [1.29, 1.82) is 0 Å². The van der Waals surface area contributed by atoms with E-state index in [0.717, 1.165) is 11.9 Å². The molecule has 1 rings (SSSR count). The Morgan fingerprint density at radius 3 is 2.56 bits per heavy atom. The molecule has 0 heterocycles. The maximum atomic E-state index is 11.0. The molecule has 16 heavy (non-hydrogen) atoms. The molecule has 5 nitrogen and oxygen atoms in total.